The maximum Gasteiger partial charge on any atom is 0.133 e. The van der Waals surface area contributed by atoms with E-state index in [0.717, 1.165) is 49.5 Å². The van der Waals surface area contributed by atoms with Crippen molar-refractivity contribution in [1.29, 1.82) is 0 Å². The number of ether oxygens (including phenoxy) is 1. The zero-order valence-electron chi connectivity index (χ0n) is 12.4. The first-order valence-electron chi connectivity index (χ1n) is 7.46. The summed E-state index contributed by atoms with van der Waals surface area (Å²) in [6, 6.07) is 2.16. The van der Waals surface area contributed by atoms with E-state index in [1.54, 1.807) is 0 Å². The van der Waals surface area contributed by atoms with E-state index in [-0.39, 0.29) is 0 Å². The standard InChI is InChI=1S/C15H24BrN3O/c1-3-17-9-12-8-13(16)10-18-15(12)19-7-5-6-14(11-19)20-4-2/h8,10,14,17H,3-7,9,11H2,1-2H3. The quantitative estimate of drug-likeness (QED) is 0.863. The Labute approximate surface area is 130 Å². The molecule has 1 aromatic heterocycles. The first kappa shape index (κ1) is 15.7. The Bertz CT molecular complexity index is 426. The molecule has 1 aliphatic rings. The van der Waals surface area contributed by atoms with Crippen LogP contribution in [0.2, 0.25) is 0 Å². The number of rotatable bonds is 6. The van der Waals surface area contributed by atoms with E-state index >= 15 is 0 Å². The van der Waals surface area contributed by atoms with Crippen molar-refractivity contribution in [3.63, 3.8) is 0 Å². The summed E-state index contributed by atoms with van der Waals surface area (Å²) in [7, 11) is 0. The molecule has 0 aliphatic carbocycles. The average Bonchev–Trinajstić information content (AvgIpc) is 2.46. The Morgan fingerprint density at radius 2 is 2.35 bits per heavy atom. The number of pyridine rings is 1. The third kappa shape index (κ3) is 4.17. The van der Waals surface area contributed by atoms with Crippen molar-refractivity contribution in [2.45, 2.75) is 39.3 Å². The number of hydrogen-bond acceptors (Lipinski definition) is 4. The highest BCUT2D eigenvalue weighted by Gasteiger charge is 2.22. The minimum atomic E-state index is 0.339. The predicted octanol–water partition coefficient (Wildman–Crippen LogP) is 2.96. The molecule has 4 nitrogen and oxygen atoms in total. The third-order valence-electron chi connectivity index (χ3n) is 3.56. The molecule has 1 aromatic rings. The van der Waals surface area contributed by atoms with Crippen LogP contribution in [-0.4, -0.2) is 37.3 Å². The number of hydrogen-bond donors (Lipinski definition) is 1. The van der Waals surface area contributed by atoms with Gasteiger partial charge in [-0.3, -0.25) is 0 Å². The number of aromatic nitrogens is 1. The molecule has 112 valence electrons. The summed E-state index contributed by atoms with van der Waals surface area (Å²) in [5, 5.41) is 3.39. The fourth-order valence-electron chi connectivity index (χ4n) is 2.65. The predicted molar refractivity (Wildman–Crippen MR) is 86.2 cm³/mol. The van der Waals surface area contributed by atoms with Gasteiger partial charge in [0.25, 0.3) is 0 Å². The highest BCUT2D eigenvalue weighted by atomic mass is 79.9. The number of nitrogens with zero attached hydrogens (tertiary/aromatic N) is 2. The lowest BCUT2D eigenvalue weighted by atomic mass is 10.1. The minimum absolute atomic E-state index is 0.339. The van der Waals surface area contributed by atoms with Gasteiger partial charge in [0.2, 0.25) is 0 Å². The highest BCUT2D eigenvalue weighted by molar-refractivity contribution is 9.10. The smallest absolute Gasteiger partial charge is 0.133 e. The maximum absolute atomic E-state index is 5.78. The van der Waals surface area contributed by atoms with Gasteiger partial charge in [-0.25, -0.2) is 4.98 Å². The van der Waals surface area contributed by atoms with Crippen LogP contribution in [0.25, 0.3) is 0 Å². The Balaban J connectivity index is 2.13. The number of anilines is 1. The van der Waals surface area contributed by atoms with Crippen molar-refractivity contribution >= 4 is 21.7 Å². The molecule has 1 saturated heterocycles. The molecule has 1 unspecified atom stereocenters. The lowest BCUT2D eigenvalue weighted by Crippen LogP contribution is -2.40. The van der Waals surface area contributed by atoms with E-state index in [0.29, 0.717) is 6.10 Å². The zero-order valence-corrected chi connectivity index (χ0v) is 13.9. The lowest BCUT2D eigenvalue weighted by Gasteiger charge is -2.34. The van der Waals surface area contributed by atoms with Gasteiger partial charge in [0.05, 0.1) is 6.10 Å². The van der Waals surface area contributed by atoms with Crippen LogP contribution >= 0.6 is 15.9 Å². The summed E-state index contributed by atoms with van der Waals surface area (Å²) in [5.41, 5.74) is 1.25. The highest BCUT2D eigenvalue weighted by Crippen LogP contribution is 2.25. The fourth-order valence-corrected chi connectivity index (χ4v) is 3.03. The molecule has 2 rings (SSSR count). The van der Waals surface area contributed by atoms with Crippen LogP contribution in [-0.2, 0) is 11.3 Å². The second-order valence-corrected chi connectivity index (χ2v) is 6.00. The third-order valence-corrected chi connectivity index (χ3v) is 3.99. The number of halogens is 1. The largest absolute Gasteiger partial charge is 0.377 e. The number of nitrogens with one attached hydrogen (secondary N) is 1. The van der Waals surface area contributed by atoms with Crippen LogP contribution in [0.5, 0.6) is 0 Å². The van der Waals surface area contributed by atoms with Gasteiger partial charge in [0.15, 0.2) is 0 Å². The Kier molecular flexibility index (Phi) is 6.26. The van der Waals surface area contributed by atoms with Crippen LogP contribution in [0.1, 0.15) is 32.3 Å². The van der Waals surface area contributed by atoms with E-state index in [2.05, 4.69) is 51.0 Å². The summed E-state index contributed by atoms with van der Waals surface area (Å²) in [5.74, 6) is 1.10. The van der Waals surface area contributed by atoms with Crippen LogP contribution < -0.4 is 10.2 Å². The Morgan fingerprint density at radius 3 is 3.10 bits per heavy atom. The molecule has 5 heteroatoms. The van der Waals surface area contributed by atoms with Crippen LogP contribution in [0.4, 0.5) is 5.82 Å². The SMILES string of the molecule is CCNCc1cc(Br)cnc1N1CCCC(OCC)C1. The summed E-state index contributed by atoms with van der Waals surface area (Å²) in [6.45, 7) is 8.81. The monoisotopic (exact) mass is 341 g/mol. The molecule has 1 fully saturated rings. The van der Waals surface area contributed by atoms with Crippen molar-refractivity contribution in [2.24, 2.45) is 0 Å². The van der Waals surface area contributed by atoms with E-state index in [1.165, 1.54) is 12.0 Å². The first-order valence-corrected chi connectivity index (χ1v) is 8.25. The molecule has 0 spiro atoms. The molecule has 0 aromatic carbocycles. The molecule has 1 N–H and O–H groups in total. The van der Waals surface area contributed by atoms with Gasteiger partial charge in [-0.1, -0.05) is 6.92 Å². The average molecular weight is 342 g/mol. The van der Waals surface area contributed by atoms with Crippen molar-refractivity contribution in [2.75, 3.05) is 31.1 Å². The van der Waals surface area contributed by atoms with E-state index < -0.39 is 0 Å². The van der Waals surface area contributed by atoms with Gasteiger partial charge in [0, 0.05) is 42.5 Å². The second kappa shape index (κ2) is 7.96. The van der Waals surface area contributed by atoms with Crippen molar-refractivity contribution < 1.29 is 4.74 Å². The van der Waals surface area contributed by atoms with E-state index in [9.17, 15) is 0 Å². The van der Waals surface area contributed by atoms with Crippen LogP contribution in [0, 0.1) is 0 Å². The van der Waals surface area contributed by atoms with Crippen molar-refractivity contribution in [3.05, 3.63) is 22.3 Å². The maximum atomic E-state index is 5.78. The molecule has 1 aliphatic heterocycles. The van der Waals surface area contributed by atoms with Gasteiger partial charge in [-0.05, 0) is 48.3 Å². The molecule has 0 amide bonds. The second-order valence-electron chi connectivity index (χ2n) is 5.08. The van der Waals surface area contributed by atoms with Crippen molar-refractivity contribution in [3.8, 4) is 0 Å². The summed E-state index contributed by atoms with van der Waals surface area (Å²) >= 11 is 3.52. The van der Waals surface area contributed by atoms with Gasteiger partial charge in [-0.2, -0.15) is 0 Å². The van der Waals surface area contributed by atoms with Crippen LogP contribution in [0.15, 0.2) is 16.7 Å². The minimum Gasteiger partial charge on any atom is -0.377 e. The molecular weight excluding hydrogens is 318 g/mol. The van der Waals surface area contributed by atoms with E-state index in [1.807, 2.05) is 6.20 Å². The summed E-state index contributed by atoms with van der Waals surface area (Å²) in [6.07, 6.45) is 4.55. The van der Waals surface area contributed by atoms with Gasteiger partial charge < -0.3 is 15.0 Å². The van der Waals surface area contributed by atoms with Crippen LogP contribution in [0.3, 0.4) is 0 Å². The zero-order chi connectivity index (χ0) is 14.4. The molecule has 1 atom stereocenters. The number of piperidine rings is 1. The molecule has 20 heavy (non-hydrogen) atoms. The van der Waals surface area contributed by atoms with Gasteiger partial charge in [0.1, 0.15) is 5.82 Å². The molecule has 0 radical (unpaired) electrons. The van der Waals surface area contributed by atoms with Crippen molar-refractivity contribution in [1.82, 2.24) is 10.3 Å². The molecule has 2 heterocycles. The topological polar surface area (TPSA) is 37.4 Å². The first-order chi connectivity index (χ1) is 9.74. The lowest BCUT2D eigenvalue weighted by molar-refractivity contribution is 0.0525. The summed E-state index contributed by atoms with van der Waals surface area (Å²) < 4.78 is 6.82. The fraction of sp³-hybridized carbons (Fsp3) is 0.667. The van der Waals surface area contributed by atoms with Gasteiger partial charge >= 0.3 is 0 Å². The molecule has 0 saturated carbocycles. The molecular formula is C15H24BrN3O. The molecule has 0 bridgehead atoms. The van der Waals surface area contributed by atoms with E-state index in [4.69, 9.17) is 4.74 Å². The van der Waals surface area contributed by atoms with Gasteiger partial charge in [-0.15, -0.1) is 0 Å². The Morgan fingerprint density at radius 1 is 1.50 bits per heavy atom. The Hall–Kier alpha value is -0.650. The summed E-state index contributed by atoms with van der Waals surface area (Å²) in [4.78, 5) is 7.00. The normalized spacial score (nSPS) is 19.4.